The van der Waals surface area contributed by atoms with Gasteiger partial charge in [-0.25, -0.2) is 0 Å². The van der Waals surface area contributed by atoms with Crippen LogP contribution in [0.3, 0.4) is 0 Å². The van der Waals surface area contributed by atoms with Crippen LogP contribution in [0.1, 0.15) is 40.5 Å². The molecular weight excluding hydrogens is 278 g/mol. The number of furan rings is 1. The van der Waals surface area contributed by atoms with Crippen molar-refractivity contribution in [1.82, 2.24) is 10.3 Å². The second kappa shape index (κ2) is 6.32. The highest BCUT2D eigenvalue weighted by molar-refractivity contribution is 6.05. The van der Waals surface area contributed by atoms with Crippen molar-refractivity contribution in [3.63, 3.8) is 0 Å². The molecule has 0 aliphatic carbocycles. The van der Waals surface area contributed by atoms with Crippen molar-refractivity contribution in [2.75, 3.05) is 25.0 Å². The number of hydrogen-bond acceptors (Lipinski definition) is 4. The average molecular weight is 299 g/mol. The van der Waals surface area contributed by atoms with Crippen LogP contribution in [0.15, 0.2) is 34.9 Å². The number of pyridine rings is 1. The highest BCUT2D eigenvalue weighted by Crippen LogP contribution is 2.28. The molecule has 2 aromatic rings. The Bertz CT molecular complexity index is 646. The molecule has 5 nitrogen and oxygen atoms in total. The van der Waals surface area contributed by atoms with Crippen molar-refractivity contribution in [1.29, 1.82) is 0 Å². The van der Waals surface area contributed by atoms with Crippen LogP contribution in [0.25, 0.3) is 0 Å². The van der Waals surface area contributed by atoms with E-state index >= 15 is 0 Å². The predicted molar refractivity (Wildman–Crippen MR) is 85.3 cm³/mol. The van der Waals surface area contributed by atoms with E-state index in [4.69, 9.17) is 4.42 Å². The van der Waals surface area contributed by atoms with Crippen LogP contribution in [-0.2, 0) is 0 Å². The van der Waals surface area contributed by atoms with Crippen LogP contribution < -0.4 is 10.2 Å². The van der Waals surface area contributed by atoms with E-state index in [-0.39, 0.29) is 5.91 Å². The van der Waals surface area contributed by atoms with Crippen LogP contribution in [0.4, 0.5) is 5.88 Å². The Morgan fingerprint density at radius 2 is 2.09 bits per heavy atom. The van der Waals surface area contributed by atoms with Gasteiger partial charge in [-0.3, -0.25) is 14.7 Å². The van der Waals surface area contributed by atoms with E-state index in [2.05, 4.69) is 10.3 Å². The molecule has 22 heavy (non-hydrogen) atoms. The largest absolute Gasteiger partial charge is 0.448 e. The summed E-state index contributed by atoms with van der Waals surface area (Å²) in [5.41, 5.74) is 2.55. The molecule has 5 heteroatoms. The van der Waals surface area contributed by atoms with Crippen LogP contribution in [0.5, 0.6) is 0 Å². The summed E-state index contributed by atoms with van der Waals surface area (Å²) >= 11 is 0. The Hall–Kier alpha value is -2.14. The minimum atomic E-state index is -0.0732. The maximum Gasteiger partial charge on any atom is 0.262 e. The van der Waals surface area contributed by atoms with Crippen LogP contribution >= 0.6 is 0 Å². The fraction of sp³-hybridized carbons (Fsp3) is 0.412. The first-order valence-electron chi connectivity index (χ1n) is 7.66. The summed E-state index contributed by atoms with van der Waals surface area (Å²) in [4.78, 5) is 19.0. The van der Waals surface area contributed by atoms with Gasteiger partial charge in [-0.1, -0.05) is 0 Å². The van der Waals surface area contributed by atoms with Gasteiger partial charge in [0.15, 0.2) is 0 Å². The summed E-state index contributed by atoms with van der Waals surface area (Å²) < 4.78 is 5.32. The Balaban J connectivity index is 1.93. The first-order valence-corrected chi connectivity index (χ1v) is 7.66. The molecule has 0 bridgehead atoms. The van der Waals surface area contributed by atoms with E-state index < -0.39 is 0 Å². The smallest absolute Gasteiger partial charge is 0.262 e. The van der Waals surface area contributed by atoms with Crippen LogP contribution in [-0.4, -0.2) is 31.0 Å². The van der Waals surface area contributed by atoms with Crippen LogP contribution in [0, 0.1) is 6.92 Å². The highest BCUT2D eigenvalue weighted by atomic mass is 16.3. The number of nitrogens with one attached hydrogen (secondary N) is 1. The molecule has 1 amide bonds. The van der Waals surface area contributed by atoms with Crippen molar-refractivity contribution in [2.24, 2.45) is 0 Å². The Morgan fingerprint density at radius 3 is 2.77 bits per heavy atom. The Kier molecular flexibility index (Phi) is 4.24. The van der Waals surface area contributed by atoms with Gasteiger partial charge in [0.25, 0.3) is 5.91 Å². The van der Waals surface area contributed by atoms with Gasteiger partial charge < -0.3 is 9.73 Å². The molecule has 0 aromatic carbocycles. The van der Waals surface area contributed by atoms with Gasteiger partial charge in [-0.2, -0.15) is 0 Å². The van der Waals surface area contributed by atoms with E-state index in [0.717, 1.165) is 37.3 Å². The van der Waals surface area contributed by atoms with Gasteiger partial charge >= 0.3 is 0 Å². The molecule has 1 N–H and O–H groups in total. The third-order valence-electron chi connectivity index (χ3n) is 4.16. The molecule has 1 aliphatic heterocycles. The van der Waals surface area contributed by atoms with Crippen molar-refractivity contribution >= 4 is 11.8 Å². The summed E-state index contributed by atoms with van der Waals surface area (Å²) in [7, 11) is 1.73. The molecule has 3 rings (SSSR count). The van der Waals surface area contributed by atoms with Crippen molar-refractivity contribution in [3.05, 3.63) is 47.5 Å². The van der Waals surface area contributed by atoms with Gasteiger partial charge in [-0.15, -0.1) is 0 Å². The predicted octanol–water partition coefficient (Wildman–Crippen LogP) is 2.73. The van der Waals surface area contributed by atoms with Gasteiger partial charge in [0.2, 0.25) is 5.88 Å². The monoisotopic (exact) mass is 299 g/mol. The van der Waals surface area contributed by atoms with Crippen molar-refractivity contribution < 1.29 is 9.21 Å². The average Bonchev–Trinajstić information content (AvgIpc) is 3.09. The highest BCUT2D eigenvalue weighted by Gasteiger charge is 2.25. The van der Waals surface area contributed by atoms with E-state index in [1.807, 2.05) is 19.1 Å². The van der Waals surface area contributed by atoms with Crippen molar-refractivity contribution in [3.8, 4) is 0 Å². The Morgan fingerprint density at radius 1 is 1.32 bits per heavy atom. The molecule has 0 saturated carbocycles. The third kappa shape index (κ3) is 2.90. The zero-order valence-electron chi connectivity index (χ0n) is 13.0. The lowest BCUT2D eigenvalue weighted by molar-refractivity contribution is 0.0987. The number of carbonyl (C=O) groups excluding carboxylic acids is 1. The zero-order valence-corrected chi connectivity index (χ0v) is 13.0. The normalized spacial score (nSPS) is 15.7. The third-order valence-corrected chi connectivity index (χ3v) is 4.16. The molecule has 0 radical (unpaired) electrons. The number of rotatable bonds is 3. The fourth-order valence-electron chi connectivity index (χ4n) is 2.91. The molecule has 116 valence electrons. The maximum atomic E-state index is 12.8. The molecule has 2 aromatic heterocycles. The number of anilines is 1. The minimum absolute atomic E-state index is 0.0732. The quantitative estimate of drug-likeness (QED) is 0.946. The van der Waals surface area contributed by atoms with Gasteiger partial charge in [0, 0.05) is 24.7 Å². The number of amides is 1. The zero-order chi connectivity index (χ0) is 15.5. The summed E-state index contributed by atoms with van der Waals surface area (Å²) in [6.07, 6.45) is 3.60. The molecule has 1 saturated heterocycles. The van der Waals surface area contributed by atoms with E-state index in [0.29, 0.717) is 17.4 Å². The van der Waals surface area contributed by atoms with Gasteiger partial charge in [-0.05, 0) is 51.1 Å². The van der Waals surface area contributed by atoms with Crippen LogP contribution in [0.2, 0.25) is 0 Å². The fourth-order valence-corrected chi connectivity index (χ4v) is 2.91. The second-order valence-electron chi connectivity index (χ2n) is 5.73. The summed E-state index contributed by atoms with van der Waals surface area (Å²) in [6, 6.07) is 7.35. The second-order valence-corrected chi connectivity index (χ2v) is 5.73. The topological polar surface area (TPSA) is 58.4 Å². The van der Waals surface area contributed by atoms with E-state index in [1.165, 1.54) is 4.90 Å². The van der Waals surface area contributed by atoms with E-state index in [9.17, 15) is 4.79 Å². The molecule has 3 heterocycles. The first-order chi connectivity index (χ1) is 10.7. The summed E-state index contributed by atoms with van der Waals surface area (Å²) in [6.45, 7) is 3.92. The molecule has 0 atom stereocenters. The number of hydrogen-bond donors (Lipinski definition) is 1. The van der Waals surface area contributed by atoms with Crippen molar-refractivity contribution in [2.45, 2.75) is 25.7 Å². The van der Waals surface area contributed by atoms with E-state index in [1.54, 1.807) is 25.4 Å². The number of aryl methyl sites for hydroxylation is 1. The lowest BCUT2D eigenvalue weighted by atomic mass is 9.90. The maximum absolute atomic E-state index is 12.8. The number of aromatic nitrogens is 1. The number of piperidine rings is 1. The standard InChI is InChI=1S/C17H21N3O2/c1-12-5-6-14(16(19-12)13-7-9-18-10-8-13)17(21)20(2)15-4-3-11-22-15/h3-6,11,13,18H,7-10H2,1-2H3. The number of carbonyl (C=O) groups is 1. The number of nitrogens with zero attached hydrogens (tertiary/aromatic N) is 2. The molecular formula is C17H21N3O2. The SMILES string of the molecule is Cc1ccc(C(=O)N(C)c2ccco2)c(C2CCNCC2)n1. The molecule has 0 spiro atoms. The first kappa shape index (κ1) is 14.8. The lowest BCUT2D eigenvalue weighted by Gasteiger charge is -2.25. The summed E-state index contributed by atoms with van der Waals surface area (Å²) in [5.74, 6) is 0.808. The molecule has 1 fully saturated rings. The Labute approximate surface area is 130 Å². The summed E-state index contributed by atoms with van der Waals surface area (Å²) in [5, 5.41) is 3.35. The molecule has 1 aliphatic rings. The van der Waals surface area contributed by atoms with Gasteiger partial charge in [0.1, 0.15) is 0 Å². The molecule has 0 unspecified atom stereocenters. The minimum Gasteiger partial charge on any atom is -0.448 e. The van der Waals surface area contributed by atoms with Gasteiger partial charge in [0.05, 0.1) is 17.5 Å². The lowest BCUT2D eigenvalue weighted by Crippen LogP contribution is -2.31.